The summed E-state index contributed by atoms with van der Waals surface area (Å²) in [5.74, 6) is -0.268. The summed E-state index contributed by atoms with van der Waals surface area (Å²) in [5.41, 5.74) is 6.23. The summed E-state index contributed by atoms with van der Waals surface area (Å²) in [4.78, 5) is 11.9. The van der Waals surface area contributed by atoms with Gasteiger partial charge in [0.25, 0.3) is 0 Å². The van der Waals surface area contributed by atoms with Crippen LogP contribution in [-0.2, 0) is 14.8 Å². The summed E-state index contributed by atoms with van der Waals surface area (Å²) in [5, 5.41) is 2.66. The molecule has 0 aliphatic rings. The van der Waals surface area contributed by atoms with Crippen LogP contribution in [0.2, 0.25) is 0 Å². The Morgan fingerprint density at radius 3 is 2.30 bits per heavy atom. The Labute approximate surface area is 120 Å². The fourth-order valence-electron chi connectivity index (χ4n) is 1.60. The van der Waals surface area contributed by atoms with Crippen LogP contribution < -0.4 is 11.1 Å². The minimum absolute atomic E-state index is 0.179. The number of sulfonamides is 1. The van der Waals surface area contributed by atoms with E-state index in [-0.39, 0.29) is 10.8 Å². The molecule has 1 aromatic rings. The van der Waals surface area contributed by atoms with E-state index in [1.54, 1.807) is 12.1 Å². The molecule has 6 nitrogen and oxygen atoms in total. The van der Waals surface area contributed by atoms with Crippen LogP contribution in [0.1, 0.15) is 19.8 Å². The van der Waals surface area contributed by atoms with E-state index in [0.29, 0.717) is 12.1 Å². The van der Waals surface area contributed by atoms with E-state index in [1.807, 2.05) is 6.92 Å². The minimum Gasteiger partial charge on any atom is -0.325 e. The van der Waals surface area contributed by atoms with Gasteiger partial charge in [0.1, 0.15) is 0 Å². The molecular formula is C13H21N3O3S. The SMILES string of the molecule is CCCC(N)C(=O)Nc1ccc(S(=O)(=O)N(C)C)cc1. The molecule has 0 aromatic heterocycles. The Bertz CT molecular complexity index is 553. The van der Waals surface area contributed by atoms with E-state index in [0.717, 1.165) is 10.7 Å². The summed E-state index contributed by atoms with van der Waals surface area (Å²) in [7, 11) is -0.517. The molecule has 0 saturated heterocycles. The highest BCUT2D eigenvalue weighted by molar-refractivity contribution is 7.89. The number of rotatable bonds is 6. The predicted octanol–water partition coefficient (Wildman–Crippen LogP) is 1.00. The average molecular weight is 299 g/mol. The molecular weight excluding hydrogens is 278 g/mol. The van der Waals surface area contributed by atoms with Gasteiger partial charge in [-0.05, 0) is 30.7 Å². The van der Waals surface area contributed by atoms with Crippen LogP contribution >= 0.6 is 0 Å². The number of hydrogen-bond donors (Lipinski definition) is 2. The highest BCUT2D eigenvalue weighted by Crippen LogP contribution is 2.16. The predicted molar refractivity (Wildman–Crippen MR) is 78.8 cm³/mol. The molecule has 0 heterocycles. The van der Waals surface area contributed by atoms with Gasteiger partial charge in [0.05, 0.1) is 10.9 Å². The van der Waals surface area contributed by atoms with Gasteiger partial charge in [-0.15, -0.1) is 0 Å². The Morgan fingerprint density at radius 1 is 1.30 bits per heavy atom. The molecule has 1 atom stereocenters. The topological polar surface area (TPSA) is 92.5 Å². The number of benzene rings is 1. The number of carbonyl (C=O) groups excluding carboxylic acids is 1. The number of nitrogens with zero attached hydrogens (tertiary/aromatic N) is 1. The van der Waals surface area contributed by atoms with Gasteiger partial charge in [-0.2, -0.15) is 0 Å². The summed E-state index contributed by atoms with van der Waals surface area (Å²) in [6, 6.07) is 5.46. The third-order valence-corrected chi connectivity index (χ3v) is 4.67. The van der Waals surface area contributed by atoms with Crippen molar-refractivity contribution in [1.82, 2.24) is 4.31 Å². The first-order chi connectivity index (χ1) is 9.28. The lowest BCUT2D eigenvalue weighted by Gasteiger charge is -2.13. The first-order valence-electron chi connectivity index (χ1n) is 6.38. The number of hydrogen-bond acceptors (Lipinski definition) is 4. The van der Waals surface area contributed by atoms with Gasteiger partial charge in [0.15, 0.2) is 0 Å². The van der Waals surface area contributed by atoms with Gasteiger partial charge in [-0.3, -0.25) is 4.79 Å². The fourth-order valence-corrected chi connectivity index (χ4v) is 2.50. The van der Waals surface area contributed by atoms with E-state index < -0.39 is 16.1 Å². The fraction of sp³-hybridized carbons (Fsp3) is 0.462. The van der Waals surface area contributed by atoms with Gasteiger partial charge < -0.3 is 11.1 Å². The third kappa shape index (κ3) is 4.03. The van der Waals surface area contributed by atoms with E-state index in [4.69, 9.17) is 5.73 Å². The molecule has 0 bridgehead atoms. The largest absolute Gasteiger partial charge is 0.325 e. The number of amides is 1. The van der Waals surface area contributed by atoms with Gasteiger partial charge in [0.2, 0.25) is 15.9 Å². The second kappa shape index (κ2) is 6.83. The Kier molecular flexibility index (Phi) is 5.67. The van der Waals surface area contributed by atoms with Crippen LogP contribution in [0.25, 0.3) is 0 Å². The molecule has 20 heavy (non-hydrogen) atoms. The van der Waals surface area contributed by atoms with Crippen molar-refractivity contribution in [2.75, 3.05) is 19.4 Å². The summed E-state index contributed by atoms with van der Waals surface area (Å²) >= 11 is 0. The average Bonchev–Trinajstić information content (AvgIpc) is 2.39. The number of anilines is 1. The summed E-state index contributed by atoms with van der Waals surface area (Å²) < 4.78 is 24.9. The summed E-state index contributed by atoms with van der Waals surface area (Å²) in [6.45, 7) is 1.95. The minimum atomic E-state index is -3.45. The third-order valence-electron chi connectivity index (χ3n) is 2.84. The molecule has 1 aromatic carbocycles. The molecule has 1 unspecified atom stereocenters. The standard InChI is InChI=1S/C13H21N3O3S/c1-4-5-12(14)13(17)15-10-6-8-11(9-7-10)20(18,19)16(2)3/h6-9,12H,4-5,14H2,1-3H3,(H,15,17). The molecule has 112 valence electrons. The van der Waals surface area contributed by atoms with Crippen molar-refractivity contribution >= 4 is 21.6 Å². The van der Waals surface area contributed by atoms with Crippen molar-refractivity contribution < 1.29 is 13.2 Å². The van der Waals surface area contributed by atoms with E-state index in [2.05, 4.69) is 5.32 Å². The molecule has 1 rings (SSSR count). The van der Waals surface area contributed by atoms with Crippen molar-refractivity contribution in [3.8, 4) is 0 Å². The molecule has 0 aliphatic heterocycles. The maximum atomic E-state index is 11.9. The maximum Gasteiger partial charge on any atom is 0.242 e. The van der Waals surface area contributed by atoms with E-state index in [9.17, 15) is 13.2 Å². The van der Waals surface area contributed by atoms with Crippen molar-refractivity contribution in [3.63, 3.8) is 0 Å². The monoisotopic (exact) mass is 299 g/mol. The van der Waals surface area contributed by atoms with Crippen LogP contribution in [0.15, 0.2) is 29.2 Å². The zero-order valence-corrected chi connectivity index (χ0v) is 12.8. The first kappa shape index (κ1) is 16.6. The number of carbonyl (C=O) groups is 1. The molecule has 0 aliphatic carbocycles. The second-order valence-corrected chi connectivity index (χ2v) is 6.85. The summed E-state index contributed by atoms with van der Waals surface area (Å²) in [6.07, 6.45) is 1.44. The molecule has 0 saturated carbocycles. The van der Waals surface area contributed by atoms with Crippen molar-refractivity contribution in [2.45, 2.75) is 30.7 Å². The van der Waals surface area contributed by atoms with Gasteiger partial charge in [0, 0.05) is 19.8 Å². The molecule has 0 radical (unpaired) electrons. The maximum absolute atomic E-state index is 11.9. The normalized spacial score (nSPS) is 13.2. The zero-order chi connectivity index (χ0) is 15.3. The molecule has 7 heteroatoms. The highest BCUT2D eigenvalue weighted by Gasteiger charge is 2.17. The van der Waals surface area contributed by atoms with Crippen LogP contribution in [0.4, 0.5) is 5.69 Å². The Hall–Kier alpha value is -1.44. The molecule has 1 amide bonds. The lowest BCUT2D eigenvalue weighted by Crippen LogP contribution is -2.35. The van der Waals surface area contributed by atoms with E-state index >= 15 is 0 Å². The Morgan fingerprint density at radius 2 is 1.85 bits per heavy atom. The van der Waals surface area contributed by atoms with Gasteiger partial charge in [-0.1, -0.05) is 13.3 Å². The number of nitrogens with one attached hydrogen (secondary N) is 1. The lowest BCUT2D eigenvalue weighted by atomic mass is 10.1. The van der Waals surface area contributed by atoms with Crippen LogP contribution in [0.3, 0.4) is 0 Å². The zero-order valence-electron chi connectivity index (χ0n) is 12.0. The highest BCUT2D eigenvalue weighted by atomic mass is 32.2. The van der Waals surface area contributed by atoms with E-state index in [1.165, 1.54) is 26.2 Å². The van der Waals surface area contributed by atoms with Crippen LogP contribution in [0.5, 0.6) is 0 Å². The molecule has 3 N–H and O–H groups in total. The van der Waals surface area contributed by atoms with Gasteiger partial charge in [-0.25, -0.2) is 12.7 Å². The second-order valence-electron chi connectivity index (χ2n) is 4.70. The van der Waals surface area contributed by atoms with Crippen molar-refractivity contribution in [3.05, 3.63) is 24.3 Å². The Balaban J connectivity index is 2.80. The first-order valence-corrected chi connectivity index (χ1v) is 7.82. The number of nitrogens with two attached hydrogens (primary N) is 1. The molecule has 0 spiro atoms. The quantitative estimate of drug-likeness (QED) is 0.819. The molecule has 0 fully saturated rings. The van der Waals surface area contributed by atoms with Crippen molar-refractivity contribution in [2.24, 2.45) is 5.73 Å². The smallest absolute Gasteiger partial charge is 0.242 e. The lowest BCUT2D eigenvalue weighted by molar-refractivity contribution is -0.117. The van der Waals surface area contributed by atoms with Crippen LogP contribution in [-0.4, -0.2) is 38.8 Å². The van der Waals surface area contributed by atoms with Gasteiger partial charge >= 0.3 is 0 Å². The van der Waals surface area contributed by atoms with Crippen LogP contribution in [0, 0.1) is 0 Å². The van der Waals surface area contributed by atoms with Crippen molar-refractivity contribution in [1.29, 1.82) is 0 Å².